The minimum absolute atomic E-state index is 0.0133. The van der Waals surface area contributed by atoms with E-state index in [0.717, 1.165) is 35.4 Å². The number of halogens is 3. The molecule has 0 bridgehead atoms. The molecule has 1 fully saturated rings. The molecule has 4 rings (SSSR count). The van der Waals surface area contributed by atoms with Crippen molar-refractivity contribution < 1.29 is 18.0 Å². The number of alkyl halides is 3. The van der Waals surface area contributed by atoms with Gasteiger partial charge in [-0.25, -0.2) is 9.50 Å². The summed E-state index contributed by atoms with van der Waals surface area (Å²) in [5.41, 5.74) is 1.64. The van der Waals surface area contributed by atoms with Gasteiger partial charge in [0.25, 0.3) is 5.91 Å². The number of rotatable bonds is 7. The third-order valence-electron chi connectivity index (χ3n) is 6.26. The summed E-state index contributed by atoms with van der Waals surface area (Å²) in [6, 6.07) is 8.90. The van der Waals surface area contributed by atoms with Gasteiger partial charge in [0.2, 0.25) is 0 Å². The van der Waals surface area contributed by atoms with Gasteiger partial charge in [0.15, 0.2) is 5.65 Å². The van der Waals surface area contributed by atoms with E-state index in [2.05, 4.69) is 41.4 Å². The van der Waals surface area contributed by atoms with E-state index in [1.165, 1.54) is 11.8 Å². The Hall–Kier alpha value is -2.90. The lowest BCUT2D eigenvalue weighted by molar-refractivity contribution is -0.142. The highest BCUT2D eigenvalue weighted by molar-refractivity contribution is 5.99. The Morgan fingerprint density at radius 2 is 1.81 bits per heavy atom. The lowest BCUT2D eigenvalue weighted by Gasteiger charge is -2.18. The predicted octanol–water partition coefficient (Wildman–Crippen LogP) is 6.02. The summed E-state index contributed by atoms with van der Waals surface area (Å²) in [5, 5.41) is 6.80. The molecule has 0 saturated heterocycles. The molecule has 8 heteroatoms. The van der Waals surface area contributed by atoms with Crippen LogP contribution in [0.1, 0.15) is 97.2 Å². The molecule has 1 aromatic carbocycles. The summed E-state index contributed by atoms with van der Waals surface area (Å²) in [5.74, 6) is -0.0159. The molecule has 1 saturated carbocycles. The smallest absolute Gasteiger partial charge is 0.345 e. The first kappa shape index (κ1) is 22.3. The molecule has 5 nitrogen and oxygen atoms in total. The van der Waals surface area contributed by atoms with Gasteiger partial charge in [-0.1, -0.05) is 45.0 Å². The third-order valence-corrected chi connectivity index (χ3v) is 6.26. The van der Waals surface area contributed by atoms with Crippen molar-refractivity contribution in [2.75, 3.05) is 0 Å². The maximum Gasteiger partial charge on any atom is 0.433 e. The molecule has 170 valence electrons. The minimum Gasteiger partial charge on any atom is -0.345 e. The van der Waals surface area contributed by atoms with Crippen LogP contribution in [0.25, 0.3) is 5.65 Å². The fourth-order valence-corrected chi connectivity index (χ4v) is 3.88. The number of carbonyl (C=O) groups is 1. The van der Waals surface area contributed by atoms with Gasteiger partial charge in [0.05, 0.1) is 12.2 Å². The summed E-state index contributed by atoms with van der Waals surface area (Å²) >= 11 is 0. The minimum atomic E-state index is -4.59. The predicted molar refractivity (Wildman–Crippen MR) is 116 cm³/mol. The number of hydrogen-bond donors (Lipinski definition) is 1. The number of hydrogen-bond acceptors (Lipinski definition) is 3. The fraction of sp³-hybridized carbons (Fsp3) is 0.458. The second-order valence-corrected chi connectivity index (χ2v) is 8.54. The number of carbonyl (C=O) groups excluding carboxylic acids is 1. The number of fused-ring (bicyclic) bond motifs is 1. The first-order chi connectivity index (χ1) is 15.2. The van der Waals surface area contributed by atoms with Crippen LogP contribution >= 0.6 is 0 Å². The maximum atomic E-state index is 13.6. The molecule has 0 aliphatic heterocycles. The monoisotopic (exact) mass is 444 g/mol. The summed E-state index contributed by atoms with van der Waals surface area (Å²) in [6.45, 7) is 6.25. The van der Waals surface area contributed by atoms with Crippen molar-refractivity contribution in [3.8, 4) is 0 Å². The van der Waals surface area contributed by atoms with Crippen LogP contribution in [0.2, 0.25) is 0 Å². The second-order valence-electron chi connectivity index (χ2n) is 8.54. The molecule has 32 heavy (non-hydrogen) atoms. The zero-order valence-corrected chi connectivity index (χ0v) is 18.4. The van der Waals surface area contributed by atoms with Crippen molar-refractivity contribution in [3.05, 3.63) is 64.6 Å². The summed E-state index contributed by atoms with van der Waals surface area (Å²) in [7, 11) is 0. The number of amides is 1. The molecule has 2 unspecified atom stereocenters. The van der Waals surface area contributed by atoms with Gasteiger partial charge in [-0.15, -0.1) is 0 Å². The Balaban J connectivity index is 1.64. The second kappa shape index (κ2) is 8.56. The van der Waals surface area contributed by atoms with Crippen LogP contribution in [0, 0.1) is 0 Å². The van der Waals surface area contributed by atoms with Crippen LogP contribution in [-0.2, 0) is 6.18 Å². The van der Waals surface area contributed by atoms with Crippen LogP contribution in [0.3, 0.4) is 0 Å². The van der Waals surface area contributed by atoms with E-state index in [9.17, 15) is 18.0 Å². The number of benzene rings is 1. The third kappa shape index (κ3) is 4.36. The van der Waals surface area contributed by atoms with Crippen LogP contribution in [0.5, 0.6) is 0 Å². The molecule has 1 N–H and O–H groups in total. The molecule has 1 aliphatic carbocycles. The molecule has 2 heterocycles. The first-order valence-electron chi connectivity index (χ1n) is 11.1. The molecule has 0 spiro atoms. The van der Waals surface area contributed by atoms with Gasteiger partial charge in [0.1, 0.15) is 11.3 Å². The average Bonchev–Trinajstić information content (AvgIpc) is 3.54. The van der Waals surface area contributed by atoms with Crippen molar-refractivity contribution in [2.45, 2.75) is 70.5 Å². The summed E-state index contributed by atoms with van der Waals surface area (Å²) < 4.78 is 41.5. The van der Waals surface area contributed by atoms with Crippen LogP contribution < -0.4 is 5.32 Å². The van der Waals surface area contributed by atoms with Crippen molar-refractivity contribution in [2.24, 2.45) is 0 Å². The maximum absolute atomic E-state index is 13.6. The quantitative estimate of drug-likeness (QED) is 0.485. The van der Waals surface area contributed by atoms with Crippen molar-refractivity contribution in [1.29, 1.82) is 0 Å². The molecule has 1 aliphatic rings. The normalized spacial score (nSPS) is 16.2. The topological polar surface area (TPSA) is 59.3 Å². The Morgan fingerprint density at radius 1 is 1.16 bits per heavy atom. The largest absolute Gasteiger partial charge is 0.433 e. The van der Waals surface area contributed by atoms with Crippen molar-refractivity contribution >= 4 is 11.6 Å². The van der Waals surface area contributed by atoms with Gasteiger partial charge >= 0.3 is 6.18 Å². The van der Waals surface area contributed by atoms with E-state index >= 15 is 0 Å². The summed E-state index contributed by atoms with van der Waals surface area (Å²) in [4.78, 5) is 17.4. The van der Waals surface area contributed by atoms with Gasteiger partial charge in [-0.05, 0) is 48.8 Å². The molecular formula is C24H27F3N4O. The Kier molecular flexibility index (Phi) is 5.97. The summed E-state index contributed by atoms with van der Waals surface area (Å²) in [6.07, 6.45) is -0.127. The highest BCUT2D eigenvalue weighted by Crippen LogP contribution is 2.41. The lowest BCUT2D eigenvalue weighted by Crippen LogP contribution is -2.28. The van der Waals surface area contributed by atoms with E-state index in [0.29, 0.717) is 18.0 Å². The Labute approximate surface area is 185 Å². The molecular weight excluding hydrogens is 417 g/mol. The number of nitrogens with zero attached hydrogens (tertiary/aromatic N) is 3. The highest BCUT2D eigenvalue weighted by Gasteiger charge is 2.38. The van der Waals surface area contributed by atoms with Crippen LogP contribution in [0.4, 0.5) is 13.2 Å². The molecule has 2 aromatic heterocycles. The number of aromatic nitrogens is 3. The van der Waals surface area contributed by atoms with Crippen LogP contribution in [-0.4, -0.2) is 20.5 Å². The van der Waals surface area contributed by atoms with Gasteiger partial charge in [-0.2, -0.15) is 18.3 Å². The molecule has 1 amide bonds. The van der Waals surface area contributed by atoms with Crippen molar-refractivity contribution in [1.82, 2.24) is 19.9 Å². The zero-order valence-electron chi connectivity index (χ0n) is 18.4. The van der Waals surface area contributed by atoms with Gasteiger partial charge in [-0.3, -0.25) is 4.79 Å². The highest BCUT2D eigenvalue weighted by atomic mass is 19.4. The Bertz CT molecular complexity index is 1120. The molecule has 2 atom stereocenters. The average molecular weight is 445 g/mol. The van der Waals surface area contributed by atoms with Crippen molar-refractivity contribution in [3.63, 3.8) is 0 Å². The number of nitrogens with one attached hydrogen (secondary N) is 1. The lowest BCUT2D eigenvalue weighted by atomic mass is 9.95. The SMILES string of the molecule is CCC(C)c1ccc(C(CC)NC(=O)c2cnn3c(C(F)(F)F)cc(C4CC4)nc23)cc1. The standard InChI is InChI=1S/C24H27F3N4O/c1-4-14(3)15-6-8-16(9-7-15)19(5-2)30-23(32)18-13-28-31-21(24(25,26)27)12-20(17-10-11-17)29-22(18)31/h6-9,12-14,17,19H,4-5,10-11H2,1-3H3,(H,30,32). The van der Waals surface area contributed by atoms with Gasteiger partial charge < -0.3 is 5.32 Å². The van der Waals surface area contributed by atoms with E-state index in [1.54, 1.807) is 0 Å². The van der Waals surface area contributed by atoms with E-state index < -0.39 is 17.8 Å². The molecule has 3 aromatic rings. The fourth-order valence-electron chi connectivity index (χ4n) is 3.88. The Morgan fingerprint density at radius 3 is 2.38 bits per heavy atom. The molecule has 0 radical (unpaired) electrons. The van der Waals surface area contributed by atoms with E-state index in [-0.39, 0.29) is 23.2 Å². The van der Waals surface area contributed by atoms with E-state index in [4.69, 9.17) is 0 Å². The van der Waals surface area contributed by atoms with Gasteiger partial charge in [0, 0.05) is 11.6 Å². The first-order valence-corrected chi connectivity index (χ1v) is 11.1. The van der Waals surface area contributed by atoms with Crippen LogP contribution in [0.15, 0.2) is 36.5 Å². The van der Waals surface area contributed by atoms with E-state index in [1.807, 2.05) is 19.1 Å². The zero-order chi connectivity index (χ0) is 23.0.